The van der Waals surface area contributed by atoms with Crippen LogP contribution in [0.4, 0.5) is 0 Å². The molecule has 1 aliphatic rings. The molecule has 0 aromatic carbocycles. The summed E-state index contributed by atoms with van der Waals surface area (Å²) in [6, 6.07) is 0. The Balaban J connectivity index is 0.00000180. The second-order valence-corrected chi connectivity index (χ2v) is 4.98. The van der Waals surface area contributed by atoms with Crippen molar-refractivity contribution in [1.82, 2.24) is 15.8 Å². The standard InChI is InChI=1S/C13H21N3O2.ClH/c1-9-12(10(2)18-16-9)5-6-15-13(17)8-14-7-11-3-4-11;/h11,14H,3-8H2,1-2H3,(H,15,17);1H. The van der Waals surface area contributed by atoms with Crippen LogP contribution in [0.1, 0.15) is 29.9 Å². The number of aromatic nitrogens is 1. The zero-order chi connectivity index (χ0) is 13.0. The highest BCUT2D eigenvalue weighted by atomic mass is 35.5. The maximum atomic E-state index is 11.5. The molecule has 108 valence electrons. The van der Waals surface area contributed by atoms with Crippen LogP contribution in [0.2, 0.25) is 0 Å². The Morgan fingerprint density at radius 2 is 2.16 bits per heavy atom. The Bertz CT molecular complexity index is 397. The molecule has 2 rings (SSSR count). The van der Waals surface area contributed by atoms with Crippen molar-refractivity contribution in [2.75, 3.05) is 19.6 Å². The summed E-state index contributed by atoms with van der Waals surface area (Å²) in [6.45, 7) is 5.83. The van der Waals surface area contributed by atoms with Gasteiger partial charge < -0.3 is 15.2 Å². The molecular weight excluding hydrogens is 266 g/mol. The van der Waals surface area contributed by atoms with Gasteiger partial charge in [-0.3, -0.25) is 4.79 Å². The molecule has 1 amide bonds. The van der Waals surface area contributed by atoms with Gasteiger partial charge in [0.15, 0.2) is 0 Å². The summed E-state index contributed by atoms with van der Waals surface area (Å²) < 4.78 is 5.08. The van der Waals surface area contributed by atoms with Crippen LogP contribution < -0.4 is 10.6 Å². The fourth-order valence-corrected chi connectivity index (χ4v) is 1.96. The third kappa shape index (κ3) is 5.20. The molecule has 6 heteroatoms. The van der Waals surface area contributed by atoms with Gasteiger partial charge in [-0.1, -0.05) is 5.16 Å². The summed E-state index contributed by atoms with van der Waals surface area (Å²) >= 11 is 0. The van der Waals surface area contributed by atoms with Crippen LogP contribution >= 0.6 is 12.4 Å². The predicted molar refractivity (Wildman–Crippen MR) is 75.5 cm³/mol. The molecule has 1 fully saturated rings. The molecule has 0 spiro atoms. The lowest BCUT2D eigenvalue weighted by molar-refractivity contribution is -0.120. The fraction of sp³-hybridized carbons (Fsp3) is 0.692. The van der Waals surface area contributed by atoms with E-state index in [9.17, 15) is 4.79 Å². The highest BCUT2D eigenvalue weighted by Gasteiger charge is 2.20. The summed E-state index contributed by atoms with van der Waals surface area (Å²) in [5.74, 6) is 1.70. The zero-order valence-corrected chi connectivity index (χ0v) is 12.3. The largest absolute Gasteiger partial charge is 0.361 e. The molecule has 19 heavy (non-hydrogen) atoms. The monoisotopic (exact) mass is 287 g/mol. The molecule has 0 saturated heterocycles. The normalized spacial score (nSPS) is 14.0. The SMILES string of the molecule is Cc1noc(C)c1CCNC(=O)CNCC1CC1.Cl. The fourth-order valence-electron chi connectivity index (χ4n) is 1.96. The average Bonchev–Trinajstić information content (AvgIpc) is 3.10. The van der Waals surface area contributed by atoms with Crippen molar-refractivity contribution in [3.63, 3.8) is 0 Å². The van der Waals surface area contributed by atoms with Crippen LogP contribution in [0.3, 0.4) is 0 Å². The van der Waals surface area contributed by atoms with E-state index in [0.29, 0.717) is 13.1 Å². The number of halogens is 1. The lowest BCUT2D eigenvalue weighted by atomic mass is 10.1. The average molecular weight is 288 g/mol. The number of carbonyl (C=O) groups is 1. The topological polar surface area (TPSA) is 67.2 Å². The Hall–Kier alpha value is -1.07. The van der Waals surface area contributed by atoms with E-state index < -0.39 is 0 Å². The maximum absolute atomic E-state index is 11.5. The number of aryl methyl sites for hydroxylation is 2. The van der Waals surface area contributed by atoms with Crippen LogP contribution in [0.5, 0.6) is 0 Å². The summed E-state index contributed by atoms with van der Waals surface area (Å²) in [6.07, 6.45) is 3.39. The van der Waals surface area contributed by atoms with Gasteiger partial charge in [-0.25, -0.2) is 0 Å². The maximum Gasteiger partial charge on any atom is 0.233 e. The molecule has 0 atom stereocenters. The number of hydrogen-bond donors (Lipinski definition) is 2. The molecule has 1 saturated carbocycles. The first kappa shape index (κ1) is 16.0. The van der Waals surface area contributed by atoms with Crippen molar-refractivity contribution in [3.8, 4) is 0 Å². The van der Waals surface area contributed by atoms with Gasteiger partial charge in [-0.15, -0.1) is 12.4 Å². The van der Waals surface area contributed by atoms with Gasteiger partial charge in [-0.2, -0.15) is 0 Å². The molecule has 1 aromatic heterocycles. The number of nitrogens with zero attached hydrogens (tertiary/aromatic N) is 1. The summed E-state index contributed by atoms with van der Waals surface area (Å²) in [4.78, 5) is 11.5. The smallest absolute Gasteiger partial charge is 0.233 e. The van der Waals surface area contributed by atoms with E-state index in [4.69, 9.17) is 4.52 Å². The van der Waals surface area contributed by atoms with Crippen molar-refractivity contribution in [2.24, 2.45) is 5.92 Å². The number of hydrogen-bond acceptors (Lipinski definition) is 4. The van der Waals surface area contributed by atoms with Crippen LogP contribution in [0, 0.1) is 19.8 Å². The van der Waals surface area contributed by atoms with Crippen molar-refractivity contribution in [3.05, 3.63) is 17.0 Å². The predicted octanol–water partition coefficient (Wildman–Crippen LogP) is 1.37. The molecule has 0 aliphatic heterocycles. The number of amides is 1. The van der Waals surface area contributed by atoms with E-state index in [1.165, 1.54) is 12.8 Å². The van der Waals surface area contributed by atoms with Crippen LogP contribution in [-0.2, 0) is 11.2 Å². The lowest BCUT2D eigenvalue weighted by Gasteiger charge is -2.06. The molecule has 1 aliphatic carbocycles. The molecule has 0 unspecified atom stereocenters. The van der Waals surface area contributed by atoms with E-state index in [0.717, 1.165) is 35.9 Å². The van der Waals surface area contributed by atoms with Crippen LogP contribution in [0.25, 0.3) is 0 Å². The van der Waals surface area contributed by atoms with Gasteiger partial charge in [0, 0.05) is 12.1 Å². The van der Waals surface area contributed by atoms with E-state index in [2.05, 4.69) is 15.8 Å². The molecule has 1 aromatic rings. The lowest BCUT2D eigenvalue weighted by Crippen LogP contribution is -2.35. The van der Waals surface area contributed by atoms with Gasteiger partial charge >= 0.3 is 0 Å². The molecular formula is C13H22ClN3O2. The zero-order valence-electron chi connectivity index (χ0n) is 11.5. The Morgan fingerprint density at radius 1 is 1.42 bits per heavy atom. The molecule has 0 bridgehead atoms. The van der Waals surface area contributed by atoms with E-state index in [1.54, 1.807) is 0 Å². The number of nitrogens with one attached hydrogen (secondary N) is 2. The van der Waals surface area contributed by atoms with Crippen LogP contribution in [-0.4, -0.2) is 30.7 Å². The van der Waals surface area contributed by atoms with Gasteiger partial charge in [0.25, 0.3) is 0 Å². The highest BCUT2D eigenvalue weighted by molar-refractivity contribution is 5.85. The summed E-state index contributed by atoms with van der Waals surface area (Å²) in [5.41, 5.74) is 2.01. The molecule has 5 nitrogen and oxygen atoms in total. The third-order valence-corrected chi connectivity index (χ3v) is 3.29. The third-order valence-electron chi connectivity index (χ3n) is 3.29. The van der Waals surface area contributed by atoms with E-state index >= 15 is 0 Å². The van der Waals surface area contributed by atoms with E-state index in [-0.39, 0.29) is 18.3 Å². The summed E-state index contributed by atoms with van der Waals surface area (Å²) in [5, 5.41) is 9.96. The van der Waals surface area contributed by atoms with Crippen molar-refractivity contribution in [1.29, 1.82) is 0 Å². The second-order valence-electron chi connectivity index (χ2n) is 4.98. The first-order valence-corrected chi connectivity index (χ1v) is 6.56. The van der Waals surface area contributed by atoms with Gasteiger partial charge in [0.1, 0.15) is 5.76 Å². The van der Waals surface area contributed by atoms with Crippen molar-refractivity contribution < 1.29 is 9.32 Å². The first-order valence-electron chi connectivity index (χ1n) is 6.56. The summed E-state index contributed by atoms with van der Waals surface area (Å²) in [7, 11) is 0. The van der Waals surface area contributed by atoms with Crippen molar-refractivity contribution in [2.45, 2.75) is 33.1 Å². The minimum atomic E-state index is 0. The van der Waals surface area contributed by atoms with Gasteiger partial charge in [0.05, 0.1) is 12.2 Å². The number of rotatable bonds is 7. The number of carbonyl (C=O) groups excluding carboxylic acids is 1. The van der Waals surface area contributed by atoms with Gasteiger partial charge in [0.2, 0.25) is 5.91 Å². The quantitative estimate of drug-likeness (QED) is 0.795. The molecule has 0 radical (unpaired) electrons. The van der Waals surface area contributed by atoms with E-state index in [1.807, 2.05) is 13.8 Å². The molecule has 1 heterocycles. The molecule has 2 N–H and O–H groups in total. The Morgan fingerprint density at radius 3 is 2.74 bits per heavy atom. The minimum Gasteiger partial charge on any atom is -0.361 e. The minimum absolute atomic E-state index is 0. The van der Waals surface area contributed by atoms with Crippen LogP contribution in [0.15, 0.2) is 4.52 Å². The Kier molecular flexibility index (Phi) is 6.31. The van der Waals surface area contributed by atoms with Crippen molar-refractivity contribution >= 4 is 18.3 Å². The highest BCUT2D eigenvalue weighted by Crippen LogP contribution is 2.27. The first-order chi connectivity index (χ1) is 8.66. The second kappa shape index (κ2) is 7.50. The Labute approximate surface area is 119 Å². The van der Waals surface area contributed by atoms with Gasteiger partial charge in [-0.05, 0) is 45.6 Å².